The summed E-state index contributed by atoms with van der Waals surface area (Å²) in [5.41, 5.74) is 1.70. The van der Waals surface area contributed by atoms with E-state index in [1.807, 2.05) is 0 Å². The van der Waals surface area contributed by atoms with E-state index in [1.165, 1.54) is 43.2 Å². The molecule has 0 saturated carbocycles. The highest BCUT2D eigenvalue weighted by molar-refractivity contribution is 5.75. The molecule has 1 aromatic heterocycles. The van der Waals surface area contributed by atoms with Crippen LogP contribution in [0.1, 0.15) is 47.4 Å². The molecule has 1 amide bonds. The fourth-order valence-corrected chi connectivity index (χ4v) is 5.49. The second kappa shape index (κ2) is 12.1. The highest BCUT2D eigenvalue weighted by Gasteiger charge is 2.46. The molecule has 45 heavy (non-hydrogen) atoms. The predicted molar refractivity (Wildman–Crippen MR) is 152 cm³/mol. The van der Waals surface area contributed by atoms with Crippen molar-refractivity contribution < 1.29 is 45.8 Å². The van der Waals surface area contributed by atoms with Gasteiger partial charge in [-0.25, -0.2) is 23.5 Å². The molecule has 9 nitrogen and oxygen atoms in total. The molecular weight excluding hydrogens is 603 g/mol. The van der Waals surface area contributed by atoms with Crippen LogP contribution in [0.2, 0.25) is 0 Å². The average molecular weight is 635 g/mol. The number of anilines is 1. The Bertz CT molecular complexity index is 1610. The molecule has 2 saturated heterocycles. The Morgan fingerprint density at radius 3 is 2.49 bits per heavy atom. The first-order chi connectivity index (χ1) is 21.2. The number of carbonyl (C=O) groups excluding carboxylic acids is 2. The summed E-state index contributed by atoms with van der Waals surface area (Å²) in [6.45, 7) is 1.86. The zero-order valence-corrected chi connectivity index (χ0v) is 25.0. The van der Waals surface area contributed by atoms with E-state index in [2.05, 4.69) is 9.97 Å². The van der Waals surface area contributed by atoms with Gasteiger partial charge in [0.2, 0.25) is 5.95 Å². The first-order valence-corrected chi connectivity index (χ1v) is 14.1. The summed E-state index contributed by atoms with van der Waals surface area (Å²) >= 11 is 0. The van der Waals surface area contributed by atoms with E-state index in [9.17, 15) is 31.5 Å². The number of cyclic esters (lactones) is 1. The van der Waals surface area contributed by atoms with Gasteiger partial charge in [-0.15, -0.1) is 0 Å². The summed E-state index contributed by atoms with van der Waals surface area (Å²) in [6.07, 6.45) is -4.43. The minimum Gasteiger partial charge on any atom is -0.496 e. The lowest BCUT2D eigenvalue weighted by molar-refractivity contribution is -0.140. The molecule has 2 aromatic carbocycles. The third-order valence-electron chi connectivity index (χ3n) is 7.85. The number of aryl methyl sites for hydroxylation is 2. The van der Waals surface area contributed by atoms with Crippen molar-refractivity contribution in [2.24, 2.45) is 0 Å². The van der Waals surface area contributed by atoms with Gasteiger partial charge in [0, 0.05) is 23.7 Å². The zero-order chi connectivity index (χ0) is 32.7. The smallest absolute Gasteiger partial charge is 0.416 e. The monoisotopic (exact) mass is 634 g/mol. The van der Waals surface area contributed by atoms with Gasteiger partial charge >= 0.3 is 18.2 Å². The predicted octanol–water partition coefficient (Wildman–Crippen LogP) is 6.12. The van der Waals surface area contributed by atoms with Crippen LogP contribution < -0.4 is 9.64 Å². The van der Waals surface area contributed by atoms with Crippen molar-refractivity contribution in [3.05, 3.63) is 70.5 Å². The molecule has 0 unspecified atom stereocenters. The highest BCUT2D eigenvalue weighted by Crippen LogP contribution is 2.40. The normalized spacial score (nSPS) is 19.3. The van der Waals surface area contributed by atoms with Crippen molar-refractivity contribution in [1.82, 2.24) is 14.9 Å². The maximum absolute atomic E-state index is 13.7. The fraction of sp³-hybridized carbons (Fsp3) is 0.419. The molecule has 0 aliphatic carbocycles. The number of methoxy groups -OCH3 is 2. The Balaban J connectivity index is 1.51. The van der Waals surface area contributed by atoms with E-state index in [1.54, 1.807) is 25.1 Å². The number of aromatic nitrogens is 2. The molecule has 0 bridgehead atoms. The number of benzene rings is 2. The molecular formula is C31H31F5N4O5. The first-order valence-electron chi connectivity index (χ1n) is 14.1. The number of esters is 1. The van der Waals surface area contributed by atoms with Crippen LogP contribution in [0.3, 0.4) is 0 Å². The molecule has 3 aromatic rings. The van der Waals surface area contributed by atoms with Crippen molar-refractivity contribution in [2.45, 2.75) is 57.5 Å². The minimum atomic E-state index is -4.59. The van der Waals surface area contributed by atoms with E-state index in [4.69, 9.17) is 14.2 Å². The Morgan fingerprint density at radius 2 is 1.84 bits per heavy atom. The molecule has 5 rings (SSSR count). The summed E-state index contributed by atoms with van der Waals surface area (Å²) in [6, 6.07) is 8.07. The van der Waals surface area contributed by atoms with Crippen LogP contribution in [-0.4, -0.2) is 66.2 Å². The molecule has 14 heteroatoms. The maximum Gasteiger partial charge on any atom is 0.416 e. The van der Waals surface area contributed by atoms with Gasteiger partial charge in [0.15, 0.2) is 0 Å². The van der Waals surface area contributed by atoms with E-state index >= 15 is 0 Å². The van der Waals surface area contributed by atoms with Crippen LogP contribution in [0.4, 0.5) is 32.7 Å². The number of nitrogens with zero attached hydrogens (tertiary/aromatic N) is 4. The van der Waals surface area contributed by atoms with Crippen molar-refractivity contribution in [3.63, 3.8) is 0 Å². The number of carbonyl (C=O) groups is 2. The summed E-state index contributed by atoms with van der Waals surface area (Å²) in [5.74, 6) is -2.81. The van der Waals surface area contributed by atoms with Gasteiger partial charge in [0.1, 0.15) is 11.9 Å². The number of rotatable bonds is 9. The van der Waals surface area contributed by atoms with Gasteiger partial charge in [-0.3, -0.25) is 9.69 Å². The Hall–Kier alpha value is -4.49. The molecule has 2 aliphatic rings. The third kappa shape index (κ3) is 6.79. The molecule has 3 heterocycles. The third-order valence-corrected chi connectivity index (χ3v) is 7.85. The van der Waals surface area contributed by atoms with Gasteiger partial charge < -0.3 is 19.1 Å². The number of halogens is 5. The minimum absolute atomic E-state index is 0.0331. The second-order valence-corrected chi connectivity index (χ2v) is 11.2. The summed E-state index contributed by atoms with van der Waals surface area (Å²) < 4.78 is 83.9. The maximum atomic E-state index is 13.7. The lowest BCUT2D eigenvalue weighted by Gasteiger charge is -2.38. The van der Waals surface area contributed by atoms with Crippen LogP contribution >= 0.6 is 0 Å². The number of ether oxygens (including phenoxy) is 3. The molecule has 2 atom stereocenters. The second-order valence-electron chi connectivity index (χ2n) is 11.2. The Morgan fingerprint density at radius 1 is 1.11 bits per heavy atom. The Kier molecular flexibility index (Phi) is 8.60. The largest absolute Gasteiger partial charge is 0.496 e. The van der Waals surface area contributed by atoms with Crippen molar-refractivity contribution in [1.29, 1.82) is 0 Å². The van der Waals surface area contributed by atoms with E-state index in [-0.39, 0.29) is 36.1 Å². The van der Waals surface area contributed by atoms with Crippen LogP contribution in [0.15, 0.2) is 42.6 Å². The van der Waals surface area contributed by atoms with Gasteiger partial charge in [0.25, 0.3) is 5.92 Å². The van der Waals surface area contributed by atoms with Gasteiger partial charge in [-0.1, -0.05) is 17.7 Å². The molecule has 2 aliphatic heterocycles. The average Bonchev–Trinajstić information content (AvgIpc) is 3.26. The topological polar surface area (TPSA) is 94.1 Å². The van der Waals surface area contributed by atoms with Crippen molar-refractivity contribution in [3.8, 4) is 16.9 Å². The highest BCUT2D eigenvalue weighted by atomic mass is 19.4. The molecule has 0 spiro atoms. The van der Waals surface area contributed by atoms with Crippen LogP contribution in [0.5, 0.6) is 5.75 Å². The number of alkyl halides is 5. The van der Waals surface area contributed by atoms with Crippen LogP contribution in [0, 0.1) is 6.92 Å². The van der Waals surface area contributed by atoms with E-state index in [0.29, 0.717) is 28.9 Å². The first kappa shape index (κ1) is 31.9. The van der Waals surface area contributed by atoms with Crippen molar-refractivity contribution in [2.75, 3.05) is 32.2 Å². The lowest BCUT2D eigenvalue weighted by atomic mass is 9.97. The number of hydrogen-bond donors (Lipinski definition) is 0. The SMILES string of the molecule is COC(=O)CCc1ccc(OC)c(-c2cnc(N3CC(F)(F)C3)nc2CN2C(=O)O[C@H](c3cc(C)cc(C(F)(F)F)c3)[C@@H]2C)c1. The number of amides is 1. The molecule has 0 radical (unpaired) electrons. The summed E-state index contributed by atoms with van der Waals surface area (Å²) in [4.78, 5) is 36.4. The van der Waals surface area contributed by atoms with Gasteiger partial charge in [-0.2, -0.15) is 13.2 Å². The van der Waals surface area contributed by atoms with Crippen LogP contribution in [0.25, 0.3) is 11.1 Å². The zero-order valence-electron chi connectivity index (χ0n) is 25.0. The van der Waals surface area contributed by atoms with Crippen molar-refractivity contribution >= 4 is 18.0 Å². The molecule has 0 N–H and O–H groups in total. The van der Waals surface area contributed by atoms with E-state index in [0.717, 1.165) is 17.7 Å². The quantitative estimate of drug-likeness (QED) is 0.205. The van der Waals surface area contributed by atoms with Gasteiger partial charge in [-0.05, 0) is 55.7 Å². The fourth-order valence-electron chi connectivity index (χ4n) is 5.49. The van der Waals surface area contributed by atoms with E-state index < -0.39 is 49.0 Å². The van der Waals surface area contributed by atoms with Gasteiger partial charge in [0.05, 0.1) is 51.2 Å². The Labute approximate surface area is 255 Å². The molecule has 2 fully saturated rings. The number of hydrogen-bond acceptors (Lipinski definition) is 8. The molecule has 240 valence electrons. The van der Waals surface area contributed by atoms with Crippen LogP contribution in [-0.2, 0) is 33.4 Å². The summed E-state index contributed by atoms with van der Waals surface area (Å²) in [7, 11) is 2.76. The standard InChI is InChI=1S/C31H31F5N4O5/c1-17-9-20(12-21(10-17)31(34,35)36)27-18(2)40(29(42)45-27)14-24-23(13-37-28(38-24)39-15-30(32,33)16-39)22-11-19(5-7-25(22)43-3)6-8-26(41)44-4/h5,7,9-13,18,27H,6,8,14-16H2,1-4H3/t18-,27-/m0/s1. The lowest BCUT2D eigenvalue weighted by Crippen LogP contribution is -2.57. The summed E-state index contributed by atoms with van der Waals surface area (Å²) in [5, 5.41) is 0.